The van der Waals surface area contributed by atoms with E-state index in [0.29, 0.717) is 11.5 Å². The van der Waals surface area contributed by atoms with E-state index in [-0.39, 0.29) is 11.9 Å². The monoisotopic (exact) mass is 175 g/mol. The Morgan fingerprint density at radius 3 is 2.55 bits per heavy atom. The van der Waals surface area contributed by atoms with E-state index in [1.54, 1.807) is 6.92 Å². The largest absolute Gasteiger partial charge is 0.348 e. The van der Waals surface area contributed by atoms with Crippen LogP contribution in [0.15, 0.2) is 12.2 Å². The predicted octanol–water partition coefficient (Wildman–Crippen LogP) is 1.70. The highest BCUT2D eigenvalue weighted by Gasteiger charge is 2.08. The molecule has 0 radical (unpaired) electrons. The molecule has 0 heterocycles. The van der Waals surface area contributed by atoms with Crippen LogP contribution in [0, 0.1) is 0 Å². The lowest BCUT2D eigenvalue weighted by molar-refractivity contribution is -0.118. The molecular weight excluding hydrogens is 162 g/mol. The van der Waals surface area contributed by atoms with Gasteiger partial charge >= 0.3 is 0 Å². The molecular formula is C8H14ClNO. The summed E-state index contributed by atoms with van der Waals surface area (Å²) in [7, 11) is 0. The number of alkyl halides is 1. The zero-order chi connectivity index (χ0) is 8.85. The Morgan fingerprint density at radius 2 is 2.27 bits per heavy atom. The van der Waals surface area contributed by atoms with Crippen molar-refractivity contribution in [2.75, 3.05) is 5.88 Å². The first-order valence-electron chi connectivity index (χ1n) is 3.64. The second-order valence-corrected chi connectivity index (χ2v) is 2.82. The van der Waals surface area contributed by atoms with Crippen LogP contribution in [0.5, 0.6) is 0 Å². The maximum absolute atomic E-state index is 11.0. The van der Waals surface area contributed by atoms with Crippen LogP contribution in [-0.4, -0.2) is 17.8 Å². The molecule has 1 unspecified atom stereocenters. The molecule has 0 aromatic carbocycles. The molecule has 0 saturated heterocycles. The van der Waals surface area contributed by atoms with E-state index in [2.05, 4.69) is 11.9 Å². The van der Waals surface area contributed by atoms with E-state index in [1.165, 1.54) is 0 Å². The van der Waals surface area contributed by atoms with Crippen molar-refractivity contribution >= 4 is 17.5 Å². The van der Waals surface area contributed by atoms with E-state index >= 15 is 0 Å². The molecule has 0 bridgehead atoms. The van der Waals surface area contributed by atoms with Gasteiger partial charge in [0.1, 0.15) is 0 Å². The van der Waals surface area contributed by atoms with Gasteiger partial charge in [0.05, 0.1) is 0 Å². The molecule has 2 nitrogen and oxygen atoms in total. The first-order chi connectivity index (χ1) is 5.11. The number of hydrogen-bond donors (Lipinski definition) is 1. The molecule has 0 aliphatic rings. The van der Waals surface area contributed by atoms with E-state index in [4.69, 9.17) is 11.6 Å². The third kappa shape index (κ3) is 4.04. The van der Waals surface area contributed by atoms with E-state index < -0.39 is 0 Å². The van der Waals surface area contributed by atoms with Crippen LogP contribution in [0.2, 0.25) is 0 Å². The van der Waals surface area contributed by atoms with Gasteiger partial charge < -0.3 is 5.32 Å². The maximum Gasteiger partial charge on any atom is 0.246 e. The zero-order valence-corrected chi connectivity index (χ0v) is 7.74. The van der Waals surface area contributed by atoms with Gasteiger partial charge in [0.2, 0.25) is 5.91 Å². The standard InChI is InChI=1S/C8H14ClNO/c1-4-7(5-9)10-8(11)6(2)3/h7H,2,4-5H2,1,3H3,(H,10,11). The number of nitrogens with one attached hydrogen (secondary N) is 1. The second kappa shape index (κ2) is 5.19. The van der Waals surface area contributed by atoms with Gasteiger partial charge in [0.25, 0.3) is 0 Å². The molecule has 0 aliphatic heterocycles. The molecule has 1 N–H and O–H groups in total. The number of amides is 1. The molecule has 0 aromatic rings. The van der Waals surface area contributed by atoms with Gasteiger partial charge in [0, 0.05) is 17.5 Å². The molecule has 1 amide bonds. The van der Waals surface area contributed by atoms with Gasteiger partial charge in [-0.2, -0.15) is 0 Å². The SMILES string of the molecule is C=C(C)C(=O)NC(CC)CCl. The van der Waals surface area contributed by atoms with Crippen LogP contribution in [-0.2, 0) is 4.79 Å². The van der Waals surface area contributed by atoms with Crippen LogP contribution in [0.1, 0.15) is 20.3 Å². The van der Waals surface area contributed by atoms with Crippen LogP contribution >= 0.6 is 11.6 Å². The predicted molar refractivity (Wildman–Crippen MR) is 47.8 cm³/mol. The van der Waals surface area contributed by atoms with Gasteiger partial charge in [-0.3, -0.25) is 4.79 Å². The van der Waals surface area contributed by atoms with Gasteiger partial charge in [-0.1, -0.05) is 13.5 Å². The molecule has 64 valence electrons. The van der Waals surface area contributed by atoms with Gasteiger partial charge in [-0.25, -0.2) is 0 Å². The number of halogens is 1. The van der Waals surface area contributed by atoms with Crippen molar-refractivity contribution in [1.82, 2.24) is 5.32 Å². The summed E-state index contributed by atoms with van der Waals surface area (Å²) in [6.07, 6.45) is 0.850. The Morgan fingerprint density at radius 1 is 1.73 bits per heavy atom. The lowest BCUT2D eigenvalue weighted by atomic mass is 10.2. The maximum atomic E-state index is 11.0. The van der Waals surface area contributed by atoms with Crippen molar-refractivity contribution < 1.29 is 4.79 Å². The fraction of sp³-hybridized carbons (Fsp3) is 0.625. The van der Waals surface area contributed by atoms with Crippen LogP contribution in [0.3, 0.4) is 0 Å². The first kappa shape index (κ1) is 10.5. The Balaban J connectivity index is 3.81. The Kier molecular flexibility index (Phi) is 4.95. The molecule has 0 aliphatic carbocycles. The average Bonchev–Trinajstić information content (AvgIpc) is 1.99. The van der Waals surface area contributed by atoms with Crippen molar-refractivity contribution in [3.8, 4) is 0 Å². The smallest absolute Gasteiger partial charge is 0.246 e. The van der Waals surface area contributed by atoms with Crippen molar-refractivity contribution in [1.29, 1.82) is 0 Å². The molecule has 0 aromatic heterocycles. The highest BCUT2D eigenvalue weighted by atomic mass is 35.5. The summed E-state index contributed by atoms with van der Waals surface area (Å²) in [5.41, 5.74) is 0.522. The molecule has 0 rings (SSSR count). The number of rotatable bonds is 4. The van der Waals surface area contributed by atoms with Crippen molar-refractivity contribution in [2.24, 2.45) is 0 Å². The minimum absolute atomic E-state index is 0.0702. The quantitative estimate of drug-likeness (QED) is 0.512. The molecule has 1 atom stereocenters. The minimum Gasteiger partial charge on any atom is -0.348 e. The third-order valence-electron chi connectivity index (χ3n) is 1.40. The third-order valence-corrected chi connectivity index (χ3v) is 1.77. The lowest BCUT2D eigenvalue weighted by Crippen LogP contribution is -2.35. The summed E-state index contributed by atoms with van der Waals surface area (Å²) in [6, 6.07) is 0.0702. The summed E-state index contributed by atoms with van der Waals surface area (Å²) in [5, 5.41) is 2.75. The fourth-order valence-corrected chi connectivity index (χ4v) is 0.854. The molecule has 0 spiro atoms. The Labute approximate surface area is 72.6 Å². The van der Waals surface area contributed by atoms with Gasteiger partial charge in [-0.05, 0) is 13.3 Å². The van der Waals surface area contributed by atoms with E-state index in [0.717, 1.165) is 6.42 Å². The summed E-state index contributed by atoms with van der Waals surface area (Å²) in [4.78, 5) is 11.0. The van der Waals surface area contributed by atoms with Crippen molar-refractivity contribution in [3.05, 3.63) is 12.2 Å². The van der Waals surface area contributed by atoms with Crippen molar-refractivity contribution in [3.63, 3.8) is 0 Å². The Bertz CT molecular complexity index is 152. The summed E-state index contributed by atoms with van der Waals surface area (Å²) < 4.78 is 0. The normalized spacial score (nSPS) is 12.3. The highest BCUT2D eigenvalue weighted by molar-refractivity contribution is 6.18. The Hall–Kier alpha value is -0.500. The number of hydrogen-bond acceptors (Lipinski definition) is 1. The first-order valence-corrected chi connectivity index (χ1v) is 4.17. The average molecular weight is 176 g/mol. The molecule has 0 fully saturated rings. The highest BCUT2D eigenvalue weighted by Crippen LogP contribution is 1.96. The summed E-state index contributed by atoms with van der Waals surface area (Å²) >= 11 is 5.57. The van der Waals surface area contributed by atoms with Crippen LogP contribution in [0.25, 0.3) is 0 Å². The van der Waals surface area contributed by atoms with Crippen LogP contribution in [0.4, 0.5) is 0 Å². The molecule has 11 heavy (non-hydrogen) atoms. The summed E-state index contributed by atoms with van der Waals surface area (Å²) in [6.45, 7) is 7.18. The van der Waals surface area contributed by atoms with E-state index in [1.807, 2.05) is 6.92 Å². The summed E-state index contributed by atoms with van der Waals surface area (Å²) in [5.74, 6) is 0.340. The minimum atomic E-state index is -0.113. The lowest BCUT2D eigenvalue weighted by Gasteiger charge is -2.12. The van der Waals surface area contributed by atoms with E-state index in [9.17, 15) is 4.79 Å². The second-order valence-electron chi connectivity index (χ2n) is 2.51. The molecule has 3 heteroatoms. The zero-order valence-electron chi connectivity index (χ0n) is 6.98. The number of carbonyl (C=O) groups excluding carboxylic acids is 1. The fourth-order valence-electron chi connectivity index (χ4n) is 0.558. The van der Waals surface area contributed by atoms with Crippen LogP contribution < -0.4 is 5.32 Å². The van der Waals surface area contributed by atoms with Gasteiger partial charge in [0.15, 0.2) is 0 Å². The molecule has 0 saturated carbocycles. The number of carbonyl (C=O) groups is 1. The topological polar surface area (TPSA) is 29.1 Å². The van der Waals surface area contributed by atoms with Crippen molar-refractivity contribution in [2.45, 2.75) is 26.3 Å². The van der Waals surface area contributed by atoms with Gasteiger partial charge in [-0.15, -0.1) is 11.6 Å².